The molecule has 1 amide bonds. The molecule has 0 spiro atoms. The fourth-order valence-corrected chi connectivity index (χ4v) is 6.09. The molecule has 1 N–H and O–H groups in total. The lowest BCUT2D eigenvalue weighted by Gasteiger charge is -2.20. The number of rotatable bonds is 6. The van der Waals surface area contributed by atoms with Gasteiger partial charge in [0.05, 0.1) is 23.6 Å². The fraction of sp³-hybridized carbons (Fsp3) is 0.393. The zero-order valence-corrected chi connectivity index (χ0v) is 20.5. The van der Waals surface area contributed by atoms with Crippen molar-refractivity contribution in [3.05, 3.63) is 66.8 Å². The topological polar surface area (TPSA) is 64.7 Å². The van der Waals surface area contributed by atoms with Crippen LogP contribution in [-0.2, 0) is 4.79 Å². The normalized spacial score (nSPS) is 23.7. The molecule has 4 aromatic rings. The van der Waals surface area contributed by atoms with Gasteiger partial charge in [-0.1, -0.05) is 19.1 Å². The van der Waals surface area contributed by atoms with Gasteiger partial charge in [-0.15, -0.1) is 0 Å². The number of nitrogens with zero attached hydrogens (tertiary/aromatic N) is 4. The van der Waals surface area contributed by atoms with E-state index < -0.39 is 11.6 Å². The molecule has 0 radical (unpaired) electrons. The molecule has 0 bridgehead atoms. The van der Waals surface area contributed by atoms with Gasteiger partial charge in [0.2, 0.25) is 5.91 Å². The summed E-state index contributed by atoms with van der Waals surface area (Å²) >= 11 is 0. The molecule has 186 valence electrons. The van der Waals surface area contributed by atoms with Gasteiger partial charge in [-0.25, -0.2) is 13.8 Å². The van der Waals surface area contributed by atoms with E-state index >= 15 is 0 Å². The van der Waals surface area contributed by atoms with Crippen LogP contribution in [0.5, 0.6) is 0 Å². The first kappa shape index (κ1) is 22.9. The Balaban J connectivity index is 1.07. The van der Waals surface area contributed by atoms with Crippen LogP contribution >= 0.6 is 0 Å². The maximum Gasteiger partial charge on any atom is 0.227 e. The molecule has 6 nitrogen and oxygen atoms in total. The van der Waals surface area contributed by atoms with E-state index in [-0.39, 0.29) is 17.9 Å². The lowest BCUT2D eigenvalue weighted by atomic mass is 9.96. The summed E-state index contributed by atoms with van der Waals surface area (Å²) in [5.74, 6) is -0.482. The minimum atomic E-state index is -0.876. The largest absolute Gasteiger partial charge is 0.327 e. The molecule has 2 unspecified atom stereocenters. The first-order valence-electron chi connectivity index (χ1n) is 12.6. The highest BCUT2D eigenvalue weighted by atomic mass is 19.2. The smallest absolute Gasteiger partial charge is 0.227 e. The number of carbonyl (C=O) groups excluding carboxylic acids is 1. The molecule has 2 fully saturated rings. The summed E-state index contributed by atoms with van der Waals surface area (Å²) in [4.78, 5) is 17.3. The minimum absolute atomic E-state index is 0.0388. The first-order valence-corrected chi connectivity index (χ1v) is 12.6. The molecule has 2 aromatic heterocycles. The van der Waals surface area contributed by atoms with Crippen LogP contribution < -0.4 is 5.32 Å². The highest BCUT2D eigenvalue weighted by Crippen LogP contribution is 2.64. The van der Waals surface area contributed by atoms with Crippen molar-refractivity contribution in [2.45, 2.75) is 45.7 Å². The monoisotopic (exact) mass is 489 g/mol. The molecule has 36 heavy (non-hydrogen) atoms. The standard InChI is InChI=1S/C28H29F2N5O/c1-15(2)35-13-18(12-32-35)17-4-6-19(7-5-17)33-28(36)16(3)27-21-8-20(9-22(21)27)34-14-31-25-10-23(29)24(30)11-26(25)34/h4-7,10-16,20-22,27H,8-9H2,1-3H3,(H,33,36)/t16-,20?,21-,22+,27?/m0/s1. The predicted molar refractivity (Wildman–Crippen MR) is 134 cm³/mol. The average Bonchev–Trinajstić information content (AvgIpc) is 3.30. The molecule has 2 heterocycles. The Labute approximate surface area is 208 Å². The third-order valence-electron chi connectivity index (χ3n) is 8.10. The Bertz CT molecular complexity index is 1430. The number of anilines is 1. The molecular weight excluding hydrogens is 460 g/mol. The quantitative estimate of drug-likeness (QED) is 0.349. The summed E-state index contributed by atoms with van der Waals surface area (Å²) in [6.07, 6.45) is 7.42. The molecule has 0 saturated heterocycles. The van der Waals surface area contributed by atoms with Crippen LogP contribution in [0.1, 0.15) is 45.7 Å². The van der Waals surface area contributed by atoms with Gasteiger partial charge in [-0.2, -0.15) is 5.10 Å². The van der Waals surface area contributed by atoms with Gasteiger partial charge >= 0.3 is 0 Å². The van der Waals surface area contributed by atoms with E-state index in [0.29, 0.717) is 34.8 Å². The molecular formula is C28H29F2N5O. The Kier molecular flexibility index (Phi) is 5.43. The molecule has 2 aromatic carbocycles. The van der Waals surface area contributed by atoms with Crippen molar-refractivity contribution in [1.82, 2.24) is 19.3 Å². The SMILES string of the molecule is CC(C)n1cc(-c2ccc(NC(=O)[C@@H](C)C3[C@H]4CC(n5cnc6cc(F)c(F)cc65)C[C@@H]34)cc2)cn1. The molecule has 0 aliphatic heterocycles. The zero-order chi connectivity index (χ0) is 25.1. The minimum Gasteiger partial charge on any atom is -0.327 e. The number of hydrogen-bond acceptors (Lipinski definition) is 3. The van der Waals surface area contributed by atoms with Crippen molar-refractivity contribution in [2.24, 2.45) is 23.7 Å². The maximum atomic E-state index is 13.8. The zero-order valence-electron chi connectivity index (χ0n) is 20.5. The van der Waals surface area contributed by atoms with Crippen LogP contribution in [-0.4, -0.2) is 25.2 Å². The van der Waals surface area contributed by atoms with Gasteiger partial charge in [0.15, 0.2) is 11.6 Å². The van der Waals surface area contributed by atoms with Crippen molar-refractivity contribution in [3.63, 3.8) is 0 Å². The average molecular weight is 490 g/mol. The highest BCUT2D eigenvalue weighted by molar-refractivity contribution is 5.93. The van der Waals surface area contributed by atoms with Gasteiger partial charge in [-0.05, 0) is 62.1 Å². The summed E-state index contributed by atoms with van der Waals surface area (Å²) in [5, 5.41) is 7.47. The van der Waals surface area contributed by atoms with E-state index in [1.165, 1.54) is 6.07 Å². The van der Waals surface area contributed by atoms with Gasteiger partial charge in [0.1, 0.15) is 0 Å². The number of nitrogens with one attached hydrogen (secondary N) is 1. The van der Waals surface area contributed by atoms with Gasteiger partial charge in [0.25, 0.3) is 0 Å². The number of imidazole rings is 1. The molecule has 6 rings (SSSR count). The molecule has 8 heteroatoms. The molecule has 2 saturated carbocycles. The van der Waals surface area contributed by atoms with E-state index in [0.717, 1.165) is 35.7 Å². The van der Waals surface area contributed by atoms with Gasteiger partial charge < -0.3 is 9.88 Å². The van der Waals surface area contributed by atoms with Crippen LogP contribution in [0.15, 0.2) is 55.1 Å². The van der Waals surface area contributed by atoms with Crippen LogP contribution in [0.3, 0.4) is 0 Å². The van der Waals surface area contributed by atoms with E-state index in [4.69, 9.17) is 0 Å². The molecule has 2 aliphatic carbocycles. The van der Waals surface area contributed by atoms with Crippen LogP contribution in [0.4, 0.5) is 14.5 Å². The second-order valence-corrected chi connectivity index (χ2v) is 10.6. The Morgan fingerprint density at radius 1 is 1.03 bits per heavy atom. The Morgan fingerprint density at radius 2 is 1.72 bits per heavy atom. The first-order chi connectivity index (χ1) is 17.3. The fourth-order valence-electron chi connectivity index (χ4n) is 6.09. The molecule has 2 aliphatic rings. The number of aromatic nitrogens is 4. The second-order valence-electron chi connectivity index (χ2n) is 10.6. The molecule has 5 atom stereocenters. The number of fused-ring (bicyclic) bond motifs is 2. The van der Waals surface area contributed by atoms with Crippen molar-refractivity contribution in [3.8, 4) is 11.1 Å². The van der Waals surface area contributed by atoms with Crippen molar-refractivity contribution < 1.29 is 13.6 Å². The van der Waals surface area contributed by atoms with Crippen LogP contribution in [0.25, 0.3) is 22.2 Å². The van der Waals surface area contributed by atoms with E-state index in [9.17, 15) is 13.6 Å². The van der Waals surface area contributed by atoms with Crippen molar-refractivity contribution >= 4 is 22.6 Å². The number of benzene rings is 2. The Morgan fingerprint density at radius 3 is 2.39 bits per heavy atom. The maximum absolute atomic E-state index is 13.8. The predicted octanol–water partition coefficient (Wildman–Crippen LogP) is 6.23. The lowest BCUT2D eigenvalue weighted by Crippen LogP contribution is -2.24. The van der Waals surface area contributed by atoms with Gasteiger partial charge in [-0.3, -0.25) is 9.48 Å². The van der Waals surface area contributed by atoms with Crippen LogP contribution in [0, 0.1) is 35.3 Å². The summed E-state index contributed by atoms with van der Waals surface area (Å²) in [6, 6.07) is 10.8. The Hall–Kier alpha value is -3.55. The van der Waals surface area contributed by atoms with E-state index in [1.807, 2.05) is 52.8 Å². The van der Waals surface area contributed by atoms with Crippen molar-refractivity contribution in [2.75, 3.05) is 5.32 Å². The van der Waals surface area contributed by atoms with Crippen molar-refractivity contribution in [1.29, 1.82) is 0 Å². The van der Waals surface area contributed by atoms with E-state index in [1.54, 1.807) is 6.33 Å². The van der Waals surface area contributed by atoms with Gasteiger partial charge in [0, 0.05) is 47.6 Å². The second kappa shape index (κ2) is 8.54. The number of halogens is 2. The number of hydrogen-bond donors (Lipinski definition) is 1. The summed E-state index contributed by atoms with van der Waals surface area (Å²) in [7, 11) is 0. The van der Waals surface area contributed by atoms with E-state index in [2.05, 4.69) is 29.2 Å². The summed E-state index contributed by atoms with van der Waals surface area (Å²) in [5.41, 5.74) is 4.00. The number of carbonyl (C=O) groups is 1. The highest BCUT2D eigenvalue weighted by Gasteiger charge is 2.59. The van der Waals surface area contributed by atoms with Crippen LogP contribution in [0.2, 0.25) is 0 Å². The summed E-state index contributed by atoms with van der Waals surface area (Å²) < 4.78 is 31.2. The number of amides is 1. The third kappa shape index (κ3) is 3.88. The summed E-state index contributed by atoms with van der Waals surface area (Å²) in [6.45, 7) is 6.19. The third-order valence-corrected chi connectivity index (χ3v) is 8.10. The lowest BCUT2D eigenvalue weighted by molar-refractivity contribution is -0.120.